The monoisotopic (exact) mass is 230 g/mol. The molecule has 0 bridgehead atoms. The Morgan fingerprint density at radius 3 is 2.06 bits per heavy atom. The Kier molecular flexibility index (Phi) is 8.90. The Morgan fingerprint density at radius 2 is 1.62 bits per heavy atom. The zero-order valence-electron chi connectivity index (χ0n) is 11.6. The van der Waals surface area contributed by atoms with Crippen molar-refractivity contribution in [2.24, 2.45) is 0 Å². The van der Waals surface area contributed by atoms with E-state index in [1.807, 2.05) is 13.8 Å². The summed E-state index contributed by atoms with van der Waals surface area (Å²) in [6.07, 6.45) is 2.81. The van der Waals surface area contributed by atoms with Gasteiger partial charge < -0.3 is 15.3 Å². The maximum atomic E-state index is 10.1. The van der Waals surface area contributed by atoms with E-state index in [1.165, 1.54) is 0 Å². The summed E-state index contributed by atoms with van der Waals surface area (Å²) < 4.78 is 0. The third kappa shape index (κ3) is 6.46. The third-order valence-corrected chi connectivity index (χ3v) is 3.49. The molecule has 0 radical (unpaired) electrons. The minimum absolute atomic E-state index is 0.505. The van der Waals surface area contributed by atoms with Gasteiger partial charge >= 0.3 is 0 Å². The fourth-order valence-corrected chi connectivity index (χ4v) is 1.79. The molecule has 0 aromatic carbocycles. The van der Waals surface area contributed by atoms with Gasteiger partial charge in [-0.2, -0.15) is 0 Å². The molecule has 0 fully saturated rings. The first-order chi connectivity index (χ1) is 7.61. The van der Waals surface area contributed by atoms with Gasteiger partial charge in [0.15, 0.2) is 0 Å². The molecule has 0 spiro atoms. The minimum Gasteiger partial charge on any atom is -0.389 e. The highest BCUT2D eigenvalue weighted by Gasteiger charge is 2.20. The lowest BCUT2D eigenvalue weighted by Gasteiger charge is -2.26. The molecule has 2 N–H and O–H groups in total. The van der Waals surface area contributed by atoms with Crippen LogP contribution in [-0.4, -0.2) is 48.3 Å². The number of nitrogens with zero attached hydrogens (tertiary/aromatic N) is 1. The normalized spacial score (nSPS) is 12.4. The van der Waals surface area contributed by atoms with Gasteiger partial charge in [-0.15, -0.1) is 0 Å². The zero-order chi connectivity index (χ0) is 12.4. The van der Waals surface area contributed by atoms with E-state index in [-0.39, 0.29) is 0 Å². The lowest BCUT2D eigenvalue weighted by Crippen LogP contribution is -2.40. The Bertz CT molecular complexity index is 154. The van der Waals surface area contributed by atoms with Crippen molar-refractivity contribution in [1.29, 1.82) is 0 Å². The van der Waals surface area contributed by atoms with E-state index in [9.17, 15) is 5.11 Å². The summed E-state index contributed by atoms with van der Waals surface area (Å²) in [5.41, 5.74) is -0.505. The molecule has 0 unspecified atom stereocenters. The van der Waals surface area contributed by atoms with Crippen LogP contribution in [0.1, 0.15) is 47.0 Å². The predicted octanol–water partition coefficient (Wildman–Crippen LogP) is 1.86. The van der Waals surface area contributed by atoms with Gasteiger partial charge in [0.1, 0.15) is 0 Å². The van der Waals surface area contributed by atoms with Crippen LogP contribution in [-0.2, 0) is 0 Å². The molecular weight excluding hydrogens is 200 g/mol. The SMILES string of the molecule is CCN(CC)CCCNCC(O)(CC)CC. The predicted molar refractivity (Wildman–Crippen MR) is 70.8 cm³/mol. The van der Waals surface area contributed by atoms with Crippen LogP contribution in [0.4, 0.5) is 0 Å². The molecule has 3 heteroatoms. The Labute approximate surface area is 101 Å². The van der Waals surface area contributed by atoms with E-state index in [4.69, 9.17) is 0 Å². The Morgan fingerprint density at radius 1 is 1.06 bits per heavy atom. The topological polar surface area (TPSA) is 35.5 Å². The summed E-state index contributed by atoms with van der Waals surface area (Å²) in [5, 5.41) is 13.4. The van der Waals surface area contributed by atoms with Crippen LogP contribution >= 0.6 is 0 Å². The first kappa shape index (κ1) is 15.9. The van der Waals surface area contributed by atoms with Crippen LogP contribution in [0.5, 0.6) is 0 Å². The van der Waals surface area contributed by atoms with Gasteiger partial charge in [-0.05, 0) is 45.4 Å². The number of hydrogen-bond donors (Lipinski definition) is 2. The van der Waals surface area contributed by atoms with Crippen molar-refractivity contribution in [1.82, 2.24) is 10.2 Å². The summed E-state index contributed by atoms with van der Waals surface area (Å²) in [5.74, 6) is 0. The fraction of sp³-hybridized carbons (Fsp3) is 1.00. The molecule has 3 nitrogen and oxygen atoms in total. The van der Waals surface area contributed by atoms with E-state index in [0.29, 0.717) is 0 Å². The van der Waals surface area contributed by atoms with Gasteiger partial charge in [-0.25, -0.2) is 0 Å². The van der Waals surface area contributed by atoms with Gasteiger partial charge in [-0.3, -0.25) is 0 Å². The van der Waals surface area contributed by atoms with Crippen molar-refractivity contribution >= 4 is 0 Å². The quantitative estimate of drug-likeness (QED) is 0.562. The lowest BCUT2D eigenvalue weighted by atomic mass is 9.98. The first-order valence-electron chi connectivity index (χ1n) is 6.77. The van der Waals surface area contributed by atoms with Crippen molar-refractivity contribution in [3.8, 4) is 0 Å². The second-order valence-electron chi connectivity index (χ2n) is 4.49. The van der Waals surface area contributed by atoms with Crippen LogP contribution in [0.25, 0.3) is 0 Å². The van der Waals surface area contributed by atoms with Gasteiger partial charge in [0.25, 0.3) is 0 Å². The molecule has 98 valence electrons. The number of nitrogens with one attached hydrogen (secondary N) is 1. The van der Waals surface area contributed by atoms with E-state index in [1.54, 1.807) is 0 Å². The summed E-state index contributed by atoms with van der Waals surface area (Å²) >= 11 is 0. The van der Waals surface area contributed by atoms with Gasteiger partial charge in [-0.1, -0.05) is 27.7 Å². The molecule has 0 atom stereocenters. The number of aliphatic hydroxyl groups is 1. The third-order valence-electron chi connectivity index (χ3n) is 3.49. The highest BCUT2D eigenvalue weighted by atomic mass is 16.3. The highest BCUT2D eigenvalue weighted by molar-refractivity contribution is 4.77. The van der Waals surface area contributed by atoms with Crippen LogP contribution in [0.3, 0.4) is 0 Å². The summed E-state index contributed by atoms with van der Waals surface area (Å²) in [4.78, 5) is 2.42. The lowest BCUT2D eigenvalue weighted by molar-refractivity contribution is 0.0326. The maximum absolute atomic E-state index is 10.1. The minimum atomic E-state index is -0.505. The molecule has 0 rings (SSSR count). The van der Waals surface area contributed by atoms with Crippen LogP contribution in [0.15, 0.2) is 0 Å². The smallest absolute Gasteiger partial charge is 0.0766 e. The molecule has 0 aliphatic rings. The second-order valence-corrected chi connectivity index (χ2v) is 4.49. The Balaban J connectivity index is 3.52. The molecule has 0 amide bonds. The van der Waals surface area contributed by atoms with Crippen LogP contribution in [0, 0.1) is 0 Å². The molecule has 0 aromatic rings. The Hall–Kier alpha value is -0.120. The summed E-state index contributed by atoms with van der Waals surface area (Å²) in [6.45, 7) is 13.6. The standard InChI is InChI=1S/C13H30N2O/c1-5-13(16,6-2)12-14-10-9-11-15(7-3)8-4/h14,16H,5-12H2,1-4H3. The molecule has 0 aromatic heterocycles. The average molecular weight is 230 g/mol. The van der Waals surface area contributed by atoms with Crippen LogP contribution < -0.4 is 5.32 Å². The van der Waals surface area contributed by atoms with E-state index in [0.717, 1.165) is 52.0 Å². The van der Waals surface area contributed by atoms with Crippen molar-refractivity contribution in [3.05, 3.63) is 0 Å². The van der Waals surface area contributed by atoms with E-state index < -0.39 is 5.60 Å². The molecule has 0 aliphatic carbocycles. The molecule has 16 heavy (non-hydrogen) atoms. The van der Waals surface area contributed by atoms with Crippen molar-refractivity contribution < 1.29 is 5.11 Å². The summed E-state index contributed by atoms with van der Waals surface area (Å²) in [6, 6.07) is 0. The highest BCUT2D eigenvalue weighted by Crippen LogP contribution is 2.12. The van der Waals surface area contributed by atoms with E-state index in [2.05, 4.69) is 24.1 Å². The molecule has 0 saturated carbocycles. The molecule has 0 aliphatic heterocycles. The molecule has 0 saturated heterocycles. The van der Waals surface area contributed by atoms with Crippen molar-refractivity contribution in [2.45, 2.75) is 52.6 Å². The average Bonchev–Trinajstić information content (AvgIpc) is 2.33. The van der Waals surface area contributed by atoms with Gasteiger partial charge in [0.2, 0.25) is 0 Å². The van der Waals surface area contributed by atoms with Crippen LogP contribution in [0.2, 0.25) is 0 Å². The first-order valence-corrected chi connectivity index (χ1v) is 6.77. The summed E-state index contributed by atoms with van der Waals surface area (Å²) in [7, 11) is 0. The van der Waals surface area contributed by atoms with Gasteiger partial charge in [0.05, 0.1) is 5.60 Å². The second kappa shape index (κ2) is 8.97. The van der Waals surface area contributed by atoms with Crippen molar-refractivity contribution in [2.75, 3.05) is 32.7 Å². The van der Waals surface area contributed by atoms with Gasteiger partial charge in [0, 0.05) is 6.54 Å². The van der Waals surface area contributed by atoms with E-state index >= 15 is 0 Å². The molecular formula is C13H30N2O. The largest absolute Gasteiger partial charge is 0.389 e. The zero-order valence-corrected chi connectivity index (χ0v) is 11.6. The maximum Gasteiger partial charge on any atom is 0.0766 e. The van der Waals surface area contributed by atoms with Crippen molar-refractivity contribution in [3.63, 3.8) is 0 Å². The fourth-order valence-electron chi connectivity index (χ4n) is 1.79. The molecule has 0 heterocycles. The number of hydrogen-bond acceptors (Lipinski definition) is 3. The number of rotatable bonds is 10.